The number of rotatable bonds is 44. The number of alkyl halides is 9. The average Bonchev–Trinajstić information content (AvgIpc) is 1.60. The third-order valence-corrected chi connectivity index (χ3v) is 22.4. The van der Waals surface area contributed by atoms with Crippen LogP contribution in [-0.4, -0.2) is 236 Å². The smallest absolute Gasteiger partial charge is 0.459 e. The van der Waals surface area contributed by atoms with Crippen molar-refractivity contribution in [2.45, 2.75) is 296 Å². The Morgan fingerprint density at radius 3 is 1.18 bits per heavy atom. The van der Waals surface area contributed by atoms with Gasteiger partial charge in [-0.05, 0) is 138 Å². The Balaban J connectivity index is 0.000000553. The van der Waals surface area contributed by atoms with E-state index in [-0.39, 0.29) is 58.1 Å². The van der Waals surface area contributed by atoms with Crippen LogP contribution in [0, 0.1) is 13.1 Å². The molecule has 0 saturated carbocycles. The first kappa shape index (κ1) is 109. The molecule has 3 aliphatic rings. The molecular formula is C74H119ClF9N13O21P2. The maximum absolute atomic E-state index is 12.7. The second kappa shape index (κ2) is 57.0. The highest BCUT2D eigenvalue weighted by Crippen LogP contribution is 2.51. The first-order chi connectivity index (χ1) is 56.5. The van der Waals surface area contributed by atoms with Gasteiger partial charge in [-0.25, -0.2) is 41.7 Å². The number of hydrogen-bond donors (Lipinski definition) is 8. The summed E-state index contributed by atoms with van der Waals surface area (Å²) in [5.41, 5.74) is 1.97. The standard InChI is InChI=1S/C27H43F3N5O7P.C18H26F3N3O6.C16H27N3O5.C9H18ClN2OP.C4H5F3O2/c1-7-20-22(42-43(40-17-14-31-6)35(18(2)3)19(4)5)23(24(41-20)34-15-12-21(36)33-26(34)38)39-16-11-9-8-10-13-32-25(37)27(28,29)30;1-2-11-13(26)14(15(30-11)24-9-7-12(25)23-17(24)28)29-10-6-4-3-5-8-22-16(27)18(19,20)21;1-2-11-13(21)14(23-10-6-4-3-5-8-17)15(24-11)19-9-7-12(20)18-16(19)22;1-8(2)12(9(3)4)14(10)13-7-6-11-5;1-2-9-3(8)4(5,6)7/h12,15,18-20,22-24H,7-11,13-14,16-17H2,1-5H3,(H,32,37)(H,33,36,38);7,9,11,13-15,26H,2-6,8,10H2,1H3,(H,22,27)(H,23,25,28);7,9,11,13-15,21H,2-6,8,10,17H2,1H3,(H,18,20,22);8-9H,6-7H2,1-4H3;2H2,1H3/t20-,22+,23?,24-,43?;2*11-,13+,14?,15-;;/m111../s1. The van der Waals surface area contributed by atoms with E-state index in [0.717, 1.165) is 30.3 Å². The third-order valence-electron chi connectivity index (χ3n) is 17.8. The number of H-pyrrole nitrogens is 3. The highest BCUT2D eigenvalue weighted by Gasteiger charge is 2.51. The quantitative estimate of drug-likeness (QED) is 0.00858. The topological polar surface area (TPSA) is 414 Å². The lowest BCUT2D eigenvalue weighted by atomic mass is 10.1. The molecule has 0 bridgehead atoms. The van der Waals surface area contributed by atoms with Crippen LogP contribution in [0.3, 0.4) is 0 Å². The van der Waals surface area contributed by atoms with Crippen molar-refractivity contribution < 1.29 is 111 Å². The van der Waals surface area contributed by atoms with Crippen molar-refractivity contribution in [2.24, 2.45) is 5.73 Å². The molecule has 120 heavy (non-hydrogen) atoms. The lowest BCUT2D eigenvalue weighted by molar-refractivity contribution is -0.199. The predicted molar refractivity (Wildman–Crippen MR) is 427 cm³/mol. The van der Waals surface area contributed by atoms with Crippen molar-refractivity contribution in [3.63, 3.8) is 0 Å². The van der Waals surface area contributed by atoms with E-state index in [2.05, 4.69) is 66.4 Å². The Kier molecular flexibility index (Phi) is 52.0. The number of carbonyl (C=O) groups is 3. The molecule has 0 aliphatic carbocycles. The normalized spacial score (nSPS) is 21.5. The van der Waals surface area contributed by atoms with E-state index in [1.807, 2.05) is 53.8 Å². The van der Waals surface area contributed by atoms with Crippen LogP contribution < -0.4 is 50.1 Å². The number of esters is 1. The van der Waals surface area contributed by atoms with Crippen molar-refractivity contribution >= 4 is 45.2 Å². The number of hydrogen-bond acceptors (Lipinski definition) is 24. The molecule has 5 unspecified atom stereocenters. The van der Waals surface area contributed by atoms with Crippen LogP contribution in [0.1, 0.15) is 198 Å². The number of unbranched alkanes of at least 4 members (excludes halogenated alkanes) is 9. The molecule has 0 radical (unpaired) electrons. The van der Waals surface area contributed by atoms with Gasteiger partial charge in [0.1, 0.15) is 49.8 Å². The number of nitrogens with two attached hydrogens (primary N) is 1. The Labute approximate surface area is 697 Å². The molecule has 0 aromatic carbocycles. The van der Waals surface area contributed by atoms with Gasteiger partial charge in [-0.1, -0.05) is 59.3 Å². The van der Waals surface area contributed by atoms with Crippen molar-refractivity contribution in [2.75, 3.05) is 72.4 Å². The summed E-state index contributed by atoms with van der Waals surface area (Å²) < 4.78 is 172. The molecule has 686 valence electrons. The summed E-state index contributed by atoms with van der Waals surface area (Å²) in [5.74, 6) is -6.04. The molecule has 2 amide bonds. The van der Waals surface area contributed by atoms with Gasteiger partial charge >= 0.3 is 53.4 Å². The number of aliphatic hydroxyl groups is 2. The number of carbonyl (C=O) groups excluding carboxylic acids is 3. The summed E-state index contributed by atoms with van der Waals surface area (Å²) >= 11 is 6.14. The highest BCUT2D eigenvalue weighted by molar-refractivity contribution is 7.78. The monoisotopic (exact) mass is 1790 g/mol. The molecule has 9 N–H and O–H groups in total. The van der Waals surface area contributed by atoms with Gasteiger partial charge in [0.05, 0.1) is 24.9 Å². The minimum atomic E-state index is -4.90. The van der Waals surface area contributed by atoms with Crippen LogP contribution >= 0.6 is 27.4 Å². The van der Waals surface area contributed by atoms with Gasteiger partial charge in [0.15, 0.2) is 18.7 Å². The van der Waals surface area contributed by atoms with Crippen LogP contribution in [0.2, 0.25) is 0 Å². The van der Waals surface area contributed by atoms with Gasteiger partial charge in [-0.15, -0.1) is 0 Å². The lowest BCUT2D eigenvalue weighted by Gasteiger charge is -2.38. The first-order valence-electron chi connectivity index (χ1n) is 39.7. The van der Waals surface area contributed by atoms with Crippen LogP contribution in [0.15, 0.2) is 65.6 Å². The molecule has 14 atom stereocenters. The molecule has 3 saturated heterocycles. The van der Waals surface area contributed by atoms with E-state index >= 15 is 0 Å². The van der Waals surface area contributed by atoms with Gasteiger partial charge in [0.2, 0.25) is 20.7 Å². The molecule has 46 heteroatoms. The van der Waals surface area contributed by atoms with Crippen molar-refractivity contribution in [3.8, 4) is 0 Å². The van der Waals surface area contributed by atoms with Crippen LogP contribution in [0.4, 0.5) is 39.5 Å². The molecule has 3 aromatic rings. The zero-order valence-electron chi connectivity index (χ0n) is 69.6. The molecule has 6 heterocycles. The van der Waals surface area contributed by atoms with Crippen molar-refractivity contribution in [1.82, 2.24) is 48.6 Å². The highest BCUT2D eigenvalue weighted by atomic mass is 35.7. The second-order valence-electron chi connectivity index (χ2n) is 28.3. The molecule has 34 nitrogen and oxygen atoms in total. The number of aliphatic hydroxyl groups excluding tert-OH is 2. The summed E-state index contributed by atoms with van der Waals surface area (Å²) in [6, 6.07) is 4.48. The molecule has 0 spiro atoms. The Hall–Kier alpha value is -6.61. The van der Waals surface area contributed by atoms with Crippen molar-refractivity contribution in [1.29, 1.82) is 0 Å². The lowest BCUT2D eigenvalue weighted by Crippen LogP contribution is -2.41. The number of nitrogens with zero attached hydrogens (tertiary/aromatic N) is 7. The largest absolute Gasteiger partial charge is 0.490 e. The first-order valence-corrected chi connectivity index (χ1v) is 42.9. The van der Waals surface area contributed by atoms with Crippen LogP contribution in [0.5, 0.6) is 0 Å². The fraction of sp³-hybridized carbons (Fsp3) is 0.770. The van der Waals surface area contributed by atoms with Gasteiger partial charge in [0.25, 0.3) is 25.2 Å². The Bertz CT molecular complexity index is 3890. The summed E-state index contributed by atoms with van der Waals surface area (Å²) in [5, 5.41) is 24.5. The summed E-state index contributed by atoms with van der Waals surface area (Å²) in [6.45, 7) is 39.5. The molecule has 6 rings (SSSR count). The number of aromatic amines is 3. The fourth-order valence-electron chi connectivity index (χ4n) is 12.2. The zero-order valence-corrected chi connectivity index (χ0v) is 72.2. The molecular weight excluding hydrogens is 1680 g/mol. The van der Waals surface area contributed by atoms with E-state index in [0.29, 0.717) is 109 Å². The predicted octanol–water partition coefficient (Wildman–Crippen LogP) is 9.69. The van der Waals surface area contributed by atoms with E-state index < -0.39 is 160 Å². The zero-order chi connectivity index (χ0) is 90.6. The van der Waals surface area contributed by atoms with Crippen molar-refractivity contribution in [3.05, 3.63) is 122 Å². The maximum Gasteiger partial charge on any atom is 0.490 e. The molecule has 3 fully saturated rings. The maximum atomic E-state index is 12.7. The van der Waals surface area contributed by atoms with E-state index in [4.69, 9.17) is 72.1 Å². The van der Waals surface area contributed by atoms with Gasteiger partial charge < -0.3 is 83.0 Å². The number of halogens is 10. The summed E-state index contributed by atoms with van der Waals surface area (Å²) in [6.07, 6.45) is -9.45. The third kappa shape index (κ3) is 38.7. The number of aromatic nitrogens is 6. The Morgan fingerprint density at radius 2 is 0.858 bits per heavy atom. The second-order valence-corrected chi connectivity index (χ2v) is 31.8. The van der Waals surface area contributed by atoms with E-state index in [1.54, 1.807) is 5.32 Å². The SMILES string of the molecule is CCOC(=O)C(F)(F)F.CC[C@H]1O[C@@H](n2ccc(=O)[nH]c2=O)C(OCCCCCCN)[C@H]1O.CC[C@H]1O[C@@H](n2ccc(=O)[nH]c2=O)C(OCCCCCCNC(=O)C(F)(F)F)[C@H]1O.[C-]#[N+]CCOP(Cl)N(C(C)C)C(C)C.[C-]#[N+]CCOP(O[C@@H]1C(OCCCCCCNC(=O)C(F)(F)F)[C@H](n2ccc(=O)[nH]c2=O)O[C@@H]1CC)N(C(C)C)C(C)C. The van der Waals surface area contributed by atoms with E-state index in [1.165, 1.54) is 52.8 Å². The number of ether oxygens (including phenoxy) is 7. The molecule has 3 aromatic heterocycles. The number of amides is 2. The summed E-state index contributed by atoms with van der Waals surface area (Å²) in [4.78, 5) is 115. The van der Waals surface area contributed by atoms with Crippen LogP contribution in [0.25, 0.3) is 9.69 Å². The van der Waals surface area contributed by atoms with Gasteiger partial charge in [0, 0.05) is 93.9 Å². The van der Waals surface area contributed by atoms with Crippen LogP contribution in [-0.2, 0) is 61.1 Å². The average molecular weight is 1800 g/mol. The minimum absolute atomic E-state index is 0.0550. The number of nitrogens with one attached hydrogen (secondary N) is 5. The Morgan fingerprint density at radius 1 is 0.517 bits per heavy atom. The van der Waals surface area contributed by atoms with E-state index in [9.17, 15) is 92.9 Å². The fourth-order valence-corrected chi connectivity index (χ4v) is 16.3. The molecule has 3 aliphatic heterocycles. The van der Waals surface area contributed by atoms with Gasteiger partial charge in [-0.3, -0.25) is 52.6 Å². The minimum Gasteiger partial charge on any atom is -0.459 e. The van der Waals surface area contributed by atoms with Gasteiger partial charge in [-0.2, -0.15) is 39.5 Å². The summed E-state index contributed by atoms with van der Waals surface area (Å²) in [7, 11) is -2.73.